The summed E-state index contributed by atoms with van der Waals surface area (Å²) >= 11 is 0. The fourth-order valence-electron chi connectivity index (χ4n) is 2.55. The van der Waals surface area contributed by atoms with Gasteiger partial charge in [0.25, 0.3) is 0 Å². The largest absolute Gasteiger partial charge is 0.345 e. The molecule has 0 bridgehead atoms. The van der Waals surface area contributed by atoms with Crippen molar-refractivity contribution in [3.8, 4) is 0 Å². The van der Waals surface area contributed by atoms with Crippen molar-refractivity contribution in [1.29, 1.82) is 0 Å². The fraction of sp³-hybridized carbons (Fsp3) is 0.833. The van der Waals surface area contributed by atoms with Crippen LogP contribution < -0.4 is 5.32 Å². The lowest BCUT2D eigenvalue weighted by Crippen LogP contribution is -2.66. The van der Waals surface area contributed by atoms with Gasteiger partial charge in [-0.3, -0.25) is 9.59 Å². The van der Waals surface area contributed by atoms with Gasteiger partial charge in [0.2, 0.25) is 11.8 Å². The molecule has 1 N–H and O–H groups in total. The molecule has 1 fully saturated rings. The molecule has 0 unspecified atom stereocenters. The Morgan fingerprint density at radius 3 is 2.32 bits per heavy atom. The summed E-state index contributed by atoms with van der Waals surface area (Å²) in [4.78, 5) is 25.6. The number of sulfone groups is 1. The van der Waals surface area contributed by atoms with Crippen LogP contribution in [-0.4, -0.2) is 55.8 Å². The van der Waals surface area contributed by atoms with Crippen molar-refractivity contribution >= 4 is 21.7 Å². The highest BCUT2D eigenvalue weighted by molar-refractivity contribution is 7.90. The summed E-state index contributed by atoms with van der Waals surface area (Å²) in [5.41, 5.74) is -0.827. The Balaban J connectivity index is 2.85. The zero-order chi connectivity index (χ0) is 14.7. The van der Waals surface area contributed by atoms with Crippen LogP contribution in [0.2, 0.25) is 0 Å². The predicted octanol–water partition coefficient (Wildman–Crippen LogP) is -0.0617. The van der Waals surface area contributed by atoms with E-state index in [9.17, 15) is 18.0 Å². The van der Waals surface area contributed by atoms with Crippen LogP contribution >= 0.6 is 0 Å². The summed E-state index contributed by atoms with van der Waals surface area (Å²) in [5, 5.41) is 2.61. The third-order valence-electron chi connectivity index (χ3n) is 3.71. The van der Waals surface area contributed by atoms with Gasteiger partial charge in [-0.1, -0.05) is 13.8 Å². The summed E-state index contributed by atoms with van der Waals surface area (Å²) in [6.45, 7) is 4.04. The van der Waals surface area contributed by atoms with Crippen molar-refractivity contribution in [1.82, 2.24) is 10.2 Å². The molecular formula is C12H22N2O4S. The van der Waals surface area contributed by atoms with Gasteiger partial charge in [0.1, 0.15) is 15.4 Å². The molecule has 1 aliphatic heterocycles. The first-order valence-corrected chi connectivity index (χ1v) is 8.59. The van der Waals surface area contributed by atoms with E-state index >= 15 is 0 Å². The molecule has 110 valence electrons. The standard InChI is InChI=1S/C12H22N2O4S/c1-4-12(5-2)11(16)13-9-10(15)14(12)7-6-8-19(3,17)18/h4-9H2,1-3H3,(H,13,16). The summed E-state index contributed by atoms with van der Waals surface area (Å²) in [5.74, 6) is -0.254. The number of hydrogen-bond acceptors (Lipinski definition) is 4. The average Bonchev–Trinajstić information content (AvgIpc) is 2.33. The van der Waals surface area contributed by atoms with Crippen LogP contribution in [0.5, 0.6) is 0 Å². The van der Waals surface area contributed by atoms with Crippen LogP contribution in [0.4, 0.5) is 0 Å². The van der Waals surface area contributed by atoms with Crippen LogP contribution in [0.3, 0.4) is 0 Å². The molecule has 7 heteroatoms. The van der Waals surface area contributed by atoms with Gasteiger partial charge in [0, 0.05) is 12.8 Å². The van der Waals surface area contributed by atoms with E-state index in [4.69, 9.17) is 0 Å². The van der Waals surface area contributed by atoms with Crippen LogP contribution in [0, 0.1) is 0 Å². The van der Waals surface area contributed by atoms with Crippen LogP contribution in [0.1, 0.15) is 33.1 Å². The summed E-state index contributed by atoms with van der Waals surface area (Å²) in [6, 6.07) is 0. The molecule has 19 heavy (non-hydrogen) atoms. The van der Waals surface area contributed by atoms with E-state index in [2.05, 4.69) is 5.32 Å². The Bertz CT molecular complexity index is 454. The maximum absolute atomic E-state index is 12.1. The van der Waals surface area contributed by atoms with Gasteiger partial charge in [-0.25, -0.2) is 8.42 Å². The third kappa shape index (κ3) is 3.46. The predicted molar refractivity (Wildman–Crippen MR) is 72.4 cm³/mol. The van der Waals surface area contributed by atoms with Crippen LogP contribution in [-0.2, 0) is 19.4 Å². The normalized spacial score (nSPS) is 19.4. The Morgan fingerprint density at radius 1 is 1.26 bits per heavy atom. The van der Waals surface area contributed by atoms with E-state index in [1.54, 1.807) is 4.90 Å². The fourth-order valence-corrected chi connectivity index (χ4v) is 3.21. The minimum Gasteiger partial charge on any atom is -0.345 e. The number of carbonyl (C=O) groups excluding carboxylic acids is 2. The molecule has 1 heterocycles. The zero-order valence-corrected chi connectivity index (χ0v) is 12.5. The molecular weight excluding hydrogens is 268 g/mol. The van der Waals surface area contributed by atoms with Crippen molar-refractivity contribution < 1.29 is 18.0 Å². The molecule has 0 aromatic rings. The number of carbonyl (C=O) groups is 2. The lowest BCUT2D eigenvalue weighted by molar-refractivity contribution is -0.154. The van der Waals surface area contributed by atoms with E-state index in [-0.39, 0.29) is 24.1 Å². The number of amides is 2. The number of hydrogen-bond donors (Lipinski definition) is 1. The lowest BCUT2D eigenvalue weighted by Gasteiger charge is -2.45. The van der Waals surface area contributed by atoms with Crippen molar-refractivity contribution in [2.75, 3.05) is 25.1 Å². The maximum Gasteiger partial charge on any atom is 0.246 e. The topological polar surface area (TPSA) is 83.6 Å². The first kappa shape index (κ1) is 15.9. The molecule has 0 saturated carbocycles. The Labute approximate surface area is 114 Å². The Morgan fingerprint density at radius 2 is 1.84 bits per heavy atom. The molecule has 1 saturated heterocycles. The second-order valence-electron chi connectivity index (χ2n) is 4.95. The van der Waals surface area contributed by atoms with Gasteiger partial charge < -0.3 is 10.2 Å². The highest BCUT2D eigenvalue weighted by atomic mass is 32.2. The van der Waals surface area contributed by atoms with E-state index in [0.717, 1.165) is 0 Å². The molecule has 6 nitrogen and oxygen atoms in total. The van der Waals surface area contributed by atoms with Crippen molar-refractivity contribution in [2.45, 2.75) is 38.6 Å². The molecule has 0 atom stereocenters. The summed E-state index contributed by atoms with van der Waals surface area (Å²) in [7, 11) is -3.05. The van der Waals surface area contributed by atoms with Crippen LogP contribution in [0.15, 0.2) is 0 Å². The zero-order valence-electron chi connectivity index (χ0n) is 11.7. The number of piperazine rings is 1. The minimum atomic E-state index is -3.05. The number of nitrogens with zero attached hydrogens (tertiary/aromatic N) is 1. The average molecular weight is 290 g/mol. The molecule has 0 spiro atoms. The highest BCUT2D eigenvalue weighted by Crippen LogP contribution is 2.27. The lowest BCUT2D eigenvalue weighted by atomic mass is 9.87. The SMILES string of the molecule is CCC1(CC)C(=O)NCC(=O)N1CCCS(C)(=O)=O. The molecule has 0 aromatic carbocycles. The van der Waals surface area contributed by atoms with Crippen molar-refractivity contribution in [3.05, 3.63) is 0 Å². The third-order valence-corrected chi connectivity index (χ3v) is 4.74. The van der Waals surface area contributed by atoms with E-state index in [1.807, 2.05) is 13.8 Å². The van der Waals surface area contributed by atoms with E-state index in [1.165, 1.54) is 6.26 Å². The second-order valence-corrected chi connectivity index (χ2v) is 7.21. The van der Waals surface area contributed by atoms with Gasteiger partial charge >= 0.3 is 0 Å². The molecule has 1 rings (SSSR count). The quantitative estimate of drug-likeness (QED) is 0.743. The van der Waals surface area contributed by atoms with Gasteiger partial charge in [-0.2, -0.15) is 0 Å². The Kier molecular flexibility index (Phi) is 4.95. The summed E-state index contributed by atoms with van der Waals surface area (Å²) in [6.07, 6.45) is 2.59. The van der Waals surface area contributed by atoms with Gasteiger partial charge in [0.15, 0.2) is 0 Å². The number of rotatable bonds is 6. The first-order chi connectivity index (χ1) is 8.77. The van der Waals surface area contributed by atoms with Crippen molar-refractivity contribution in [3.63, 3.8) is 0 Å². The molecule has 2 amide bonds. The van der Waals surface area contributed by atoms with E-state index < -0.39 is 15.4 Å². The molecule has 0 aliphatic carbocycles. The molecule has 1 aliphatic rings. The highest BCUT2D eigenvalue weighted by Gasteiger charge is 2.46. The molecule has 0 aromatic heterocycles. The van der Waals surface area contributed by atoms with Gasteiger partial charge in [-0.15, -0.1) is 0 Å². The smallest absolute Gasteiger partial charge is 0.246 e. The first-order valence-electron chi connectivity index (χ1n) is 6.53. The van der Waals surface area contributed by atoms with E-state index in [0.29, 0.717) is 25.8 Å². The number of nitrogens with one attached hydrogen (secondary N) is 1. The Hall–Kier alpha value is -1.11. The van der Waals surface area contributed by atoms with Crippen molar-refractivity contribution in [2.24, 2.45) is 0 Å². The van der Waals surface area contributed by atoms with Gasteiger partial charge in [-0.05, 0) is 19.3 Å². The summed E-state index contributed by atoms with van der Waals surface area (Å²) < 4.78 is 22.3. The monoisotopic (exact) mass is 290 g/mol. The maximum atomic E-state index is 12.1. The minimum absolute atomic E-state index is 0.000537. The molecule has 0 radical (unpaired) electrons. The van der Waals surface area contributed by atoms with Crippen LogP contribution in [0.25, 0.3) is 0 Å². The van der Waals surface area contributed by atoms with Gasteiger partial charge in [0.05, 0.1) is 12.3 Å². The second kappa shape index (κ2) is 5.90.